The predicted molar refractivity (Wildman–Crippen MR) is 77.2 cm³/mol. The molecule has 100 valence electrons. The Morgan fingerprint density at radius 1 is 1.20 bits per heavy atom. The fourth-order valence-electron chi connectivity index (χ4n) is 1.49. The van der Waals surface area contributed by atoms with Crippen molar-refractivity contribution in [1.82, 2.24) is 0 Å². The molecular weight excluding hydrogens is 278 g/mol. The number of nitrogens with zero attached hydrogens (tertiary/aromatic N) is 2. The van der Waals surface area contributed by atoms with Crippen LogP contribution in [-0.4, -0.2) is 16.4 Å². The third-order valence-corrected chi connectivity index (χ3v) is 2.81. The zero-order valence-electron chi connectivity index (χ0n) is 10.2. The monoisotopic (exact) mass is 287 g/mol. The van der Waals surface area contributed by atoms with Gasteiger partial charge in [0.05, 0.1) is 28.6 Å². The van der Waals surface area contributed by atoms with E-state index in [-0.39, 0.29) is 11.5 Å². The van der Waals surface area contributed by atoms with Crippen molar-refractivity contribution in [3.63, 3.8) is 0 Å². The second-order valence-electron chi connectivity index (χ2n) is 3.92. The van der Waals surface area contributed by atoms with E-state index >= 15 is 0 Å². The maximum atomic E-state index is 9.57. The van der Waals surface area contributed by atoms with Gasteiger partial charge in [-0.2, -0.15) is 10.4 Å². The molecular formula is C14H10ClN3O2. The smallest absolute Gasteiger partial charge is 0.128 e. The molecule has 0 aliphatic heterocycles. The summed E-state index contributed by atoms with van der Waals surface area (Å²) in [5, 5.41) is 31.8. The van der Waals surface area contributed by atoms with E-state index in [0.717, 1.165) is 0 Å². The summed E-state index contributed by atoms with van der Waals surface area (Å²) in [5.74, 6) is -0.107. The molecule has 0 aliphatic rings. The van der Waals surface area contributed by atoms with Crippen molar-refractivity contribution in [2.45, 2.75) is 0 Å². The predicted octanol–water partition coefficient (Wildman–Crippen LogP) is 3.07. The topological polar surface area (TPSA) is 88.6 Å². The standard InChI is InChI=1S/C14H10ClN3O2/c15-12-5-9(7-16)1-4-13(12)18-17-8-10-2-3-11(19)6-14(10)20/h1-6,8,18-20H. The molecule has 0 unspecified atom stereocenters. The number of anilines is 1. The third kappa shape index (κ3) is 3.19. The number of rotatable bonds is 3. The van der Waals surface area contributed by atoms with Gasteiger partial charge in [-0.25, -0.2) is 0 Å². The lowest BCUT2D eigenvalue weighted by molar-refractivity contribution is 0.450. The highest BCUT2D eigenvalue weighted by atomic mass is 35.5. The molecule has 2 aromatic carbocycles. The van der Waals surface area contributed by atoms with Gasteiger partial charge in [-0.1, -0.05) is 11.6 Å². The van der Waals surface area contributed by atoms with Crippen molar-refractivity contribution < 1.29 is 10.2 Å². The van der Waals surface area contributed by atoms with Crippen LogP contribution in [0.2, 0.25) is 5.02 Å². The fraction of sp³-hybridized carbons (Fsp3) is 0. The van der Waals surface area contributed by atoms with Gasteiger partial charge in [-0.15, -0.1) is 0 Å². The molecule has 3 N–H and O–H groups in total. The Bertz CT molecular complexity index is 708. The van der Waals surface area contributed by atoms with Crippen molar-refractivity contribution in [3.8, 4) is 17.6 Å². The van der Waals surface area contributed by atoms with E-state index in [1.54, 1.807) is 12.1 Å². The van der Waals surface area contributed by atoms with Crippen LogP contribution in [0.25, 0.3) is 0 Å². The molecule has 0 atom stereocenters. The average molecular weight is 288 g/mol. The highest BCUT2D eigenvalue weighted by Crippen LogP contribution is 2.23. The molecule has 0 amide bonds. The van der Waals surface area contributed by atoms with E-state index in [4.69, 9.17) is 22.0 Å². The van der Waals surface area contributed by atoms with Crippen LogP contribution in [0, 0.1) is 11.3 Å². The summed E-state index contributed by atoms with van der Waals surface area (Å²) in [4.78, 5) is 0. The molecule has 0 spiro atoms. The largest absolute Gasteiger partial charge is 0.508 e. The zero-order valence-corrected chi connectivity index (χ0v) is 11.0. The first kappa shape index (κ1) is 13.7. The number of aromatic hydroxyl groups is 2. The highest BCUT2D eigenvalue weighted by molar-refractivity contribution is 6.33. The number of benzene rings is 2. The number of hydrazone groups is 1. The number of halogens is 1. The van der Waals surface area contributed by atoms with Crippen LogP contribution in [0.5, 0.6) is 11.5 Å². The summed E-state index contributed by atoms with van der Waals surface area (Å²) in [7, 11) is 0. The number of nitriles is 1. The molecule has 0 saturated heterocycles. The van der Waals surface area contributed by atoms with Gasteiger partial charge in [0, 0.05) is 11.6 Å². The molecule has 0 saturated carbocycles. The number of nitrogens with one attached hydrogen (secondary N) is 1. The fourth-order valence-corrected chi connectivity index (χ4v) is 1.71. The van der Waals surface area contributed by atoms with Gasteiger partial charge in [-0.05, 0) is 30.3 Å². The Kier molecular flexibility index (Phi) is 4.08. The van der Waals surface area contributed by atoms with E-state index in [1.807, 2.05) is 6.07 Å². The van der Waals surface area contributed by atoms with Crippen LogP contribution in [0.3, 0.4) is 0 Å². The molecule has 0 radical (unpaired) electrons. The molecule has 0 fully saturated rings. The first-order chi connectivity index (χ1) is 9.60. The third-order valence-electron chi connectivity index (χ3n) is 2.50. The molecule has 6 heteroatoms. The highest BCUT2D eigenvalue weighted by Gasteiger charge is 2.01. The Morgan fingerprint density at radius 2 is 2.00 bits per heavy atom. The van der Waals surface area contributed by atoms with Crippen molar-refractivity contribution in [3.05, 3.63) is 52.5 Å². The minimum atomic E-state index is -0.0820. The molecule has 5 nitrogen and oxygen atoms in total. The van der Waals surface area contributed by atoms with Crippen molar-refractivity contribution in [1.29, 1.82) is 5.26 Å². The Balaban J connectivity index is 2.12. The number of phenols is 2. The zero-order chi connectivity index (χ0) is 14.5. The Labute approximate surface area is 120 Å². The summed E-state index contributed by atoms with van der Waals surface area (Å²) in [5.41, 5.74) is 4.15. The van der Waals surface area contributed by atoms with Crippen molar-refractivity contribution in [2.75, 3.05) is 5.43 Å². The van der Waals surface area contributed by atoms with Gasteiger partial charge in [0.2, 0.25) is 0 Å². The van der Waals surface area contributed by atoms with Gasteiger partial charge in [0.15, 0.2) is 0 Å². The van der Waals surface area contributed by atoms with Gasteiger partial charge in [0.1, 0.15) is 11.5 Å². The van der Waals surface area contributed by atoms with Crippen LogP contribution in [0.15, 0.2) is 41.5 Å². The lowest BCUT2D eigenvalue weighted by atomic mass is 10.2. The summed E-state index contributed by atoms with van der Waals surface area (Å²) in [6.45, 7) is 0. The maximum Gasteiger partial charge on any atom is 0.128 e. The van der Waals surface area contributed by atoms with E-state index < -0.39 is 0 Å². The quantitative estimate of drug-likeness (QED) is 0.598. The minimum absolute atomic E-state index is 0.0252. The molecule has 0 bridgehead atoms. The normalized spacial score (nSPS) is 10.4. The lowest BCUT2D eigenvalue weighted by Crippen LogP contribution is -1.92. The first-order valence-corrected chi connectivity index (χ1v) is 5.98. The van der Waals surface area contributed by atoms with E-state index in [0.29, 0.717) is 21.8 Å². The van der Waals surface area contributed by atoms with Crippen LogP contribution in [0.4, 0.5) is 5.69 Å². The molecule has 20 heavy (non-hydrogen) atoms. The Morgan fingerprint density at radius 3 is 2.65 bits per heavy atom. The van der Waals surface area contributed by atoms with E-state index in [1.165, 1.54) is 30.5 Å². The van der Waals surface area contributed by atoms with Crippen LogP contribution >= 0.6 is 11.6 Å². The summed E-state index contributed by atoms with van der Waals surface area (Å²) >= 11 is 5.97. The average Bonchev–Trinajstić information content (AvgIpc) is 2.42. The first-order valence-electron chi connectivity index (χ1n) is 5.61. The summed E-state index contributed by atoms with van der Waals surface area (Å²) in [6, 6.07) is 10.9. The molecule has 0 aliphatic carbocycles. The maximum absolute atomic E-state index is 9.57. The molecule has 2 rings (SSSR count). The number of hydrogen-bond acceptors (Lipinski definition) is 5. The van der Waals surface area contributed by atoms with Gasteiger partial charge in [0.25, 0.3) is 0 Å². The van der Waals surface area contributed by atoms with Crippen LogP contribution in [-0.2, 0) is 0 Å². The second-order valence-corrected chi connectivity index (χ2v) is 4.33. The number of phenolic OH excluding ortho intramolecular Hbond substituents is 2. The SMILES string of the molecule is N#Cc1ccc(NN=Cc2ccc(O)cc2O)c(Cl)c1. The second kappa shape index (κ2) is 5.95. The van der Waals surface area contributed by atoms with Gasteiger partial charge >= 0.3 is 0 Å². The van der Waals surface area contributed by atoms with Gasteiger partial charge < -0.3 is 10.2 Å². The van der Waals surface area contributed by atoms with Crippen LogP contribution < -0.4 is 5.43 Å². The summed E-state index contributed by atoms with van der Waals surface area (Å²) in [6.07, 6.45) is 1.39. The van der Waals surface area contributed by atoms with Crippen molar-refractivity contribution >= 4 is 23.5 Å². The van der Waals surface area contributed by atoms with E-state index in [2.05, 4.69) is 10.5 Å². The molecule has 2 aromatic rings. The Hall–Kier alpha value is -2.71. The molecule has 0 aromatic heterocycles. The summed E-state index contributed by atoms with van der Waals surface area (Å²) < 4.78 is 0. The number of hydrogen-bond donors (Lipinski definition) is 3. The van der Waals surface area contributed by atoms with E-state index in [9.17, 15) is 5.11 Å². The minimum Gasteiger partial charge on any atom is -0.508 e. The van der Waals surface area contributed by atoms with Gasteiger partial charge in [-0.3, -0.25) is 5.43 Å². The van der Waals surface area contributed by atoms with Crippen molar-refractivity contribution in [2.24, 2.45) is 5.10 Å². The molecule has 0 heterocycles. The van der Waals surface area contributed by atoms with Crippen LogP contribution in [0.1, 0.15) is 11.1 Å². The lowest BCUT2D eigenvalue weighted by Gasteiger charge is -2.03.